The van der Waals surface area contributed by atoms with Gasteiger partial charge in [0, 0.05) is 12.0 Å². The highest BCUT2D eigenvalue weighted by Gasteiger charge is 2.32. The van der Waals surface area contributed by atoms with Crippen LogP contribution in [0.1, 0.15) is 30.9 Å². The molecule has 0 spiro atoms. The number of nitrogens with zero attached hydrogens (tertiary/aromatic N) is 1. The fourth-order valence-corrected chi connectivity index (χ4v) is 3.42. The topological polar surface area (TPSA) is 29.5 Å². The molecule has 0 bridgehead atoms. The largest absolute Gasteiger partial charge is 0.394 e. The molecular weight excluding hydrogens is 286 g/mol. The Morgan fingerprint density at radius 1 is 1.17 bits per heavy atom. The van der Waals surface area contributed by atoms with Crippen LogP contribution in [0.25, 0.3) is 0 Å². The lowest BCUT2D eigenvalue weighted by atomic mass is 9.90. The fourth-order valence-electron chi connectivity index (χ4n) is 3.42. The molecule has 0 saturated heterocycles. The fraction of sp³-hybridized carbons (Fsp3) is 0.500. The molecule has 0 saturated carbocycles. The van der Waals surface area contributed by atoms with Crippen LogP contribution in [-0.4, -0.2) is 50.1 Å². The Hall–Kier alpha value is -1.42. The second-order valence-corrected chi connectivity index (χ2v) is 6.71. The molecule has 2 rings (SSSR count). The van der Waals surface area contributed by atoms with Gasteiger partial charge in [-0.1, -0.05) is 48.6 Å². The zero-order valence-corrected chi connectivity index (χ0v) is 14.4. The van der Waals surface area contributed by atoms with Crippen molar-refractivity contribution in [1.82, 2.24) is 0 Å². The molecule has 0 radical (unpaired) electrons. The molecule has 1 aliphatic rings. The van der Waals surface area contributed by atoms with Crippen molar-refractivity contribution >= 4 is 0 Å². The van der Waals surface area contributed by atoms with Gasteiger partial charge in [-0.05, 0) is 18.4 Å². The summed E-state index contributed by atoms with van der Waals surface area (Å²) in [6.07, 6.45) is 10.0. The Kier molecular flexibility index (Phi) is 7.03. The number of aliphatic hydroxyl groups excluding tert-OH is 1. The lowest BCUT2D eigenvalue weighted by Gasteiger charge is -2.40. The molecule has 0 heterocycles. The first-order valence-corrected chi connectivity index (χ1v) is 8.57. The molecule has 1 aromatic carbocycles. The predicted molar refractivity (Wildman–Crippen MR) is 95.1 cm³/mol. The van der Waals surface area contributed by atoms with E-state index in [1.54, 1.807) is 0 Å². The highest BCUT2D eigenvalue weighted by Crippen LogP contribution is 2.36. The second-order valence-electron chi connectivity index (χ2n) is 6.71. The van der Waals surface area contributed by atoms with Crippen molar-refractivity contribution in [2.75, 3.05) is 40.5 Å². The zero-order valence-electron chi connectivity index (χ0n) is 14.4. The van der Waals surface area contributed by atoms with Crippen molar-refractivity contribution < 1.29 is 14.3 Å². The third-order valence-electron chi connectivity index (χ3n) is 4.47. The molecule has 3 heteroatoms. The van der Waals surface area contributed by atoms with Gasteiger partial charge < -0.3 is 14.3 Å². The summed E-state index contributed by atoms with van der Waals surface area (Å²) in [4.78, 5) is 0. The first-order chi connectivity index (χ1) is 11.1. The Balaban J connectivity index is 2.12. The van der Waals surface area contributed by atoms with Crippen LogP contribution in [0.15, 0.2) is 54.1 Å². The van der Waals surface area contributed by atoms with Gasteiger partial charge in [-0.15, -0.1) is 0 Å². The van der Waals surface area contributed by atoms with Crippen molar-refractivity contribution in [1.29, 1.82) is 0 Å². The van der Waals surface area contributed by atoms with Crippen LogP contribution in [-0.2, 0) is 4.74 Å². The summed E-state index contributed by atoms with van der Waals surface area (Å²) in [5.41, 5.74) is 2.90. The first kappa shape index (κ1) is 17.9. The summed E-state index contributed by atoms with van der Waals surface area (Å²) in [5.74, 6) is 0. The summed E-state index contributed by atoms with van der Waals surface area (Å²) < 4.78 is 6.35. The quantitative estimate of drug-likeness (QED) is 0.558. The van der Waals surface area contributed by atoms with Gasteiger partial charge in [0.15, 0.2) is 0 Å². The Labute approximate surface area is 140 Å². The number of allylic oxidation sites excluding steroid dienone is 3. The number of rotatable bonds is 9. The molecule has 3 nitrogen and oxygen atoms in total. The van der Waals surface area contributed by atoms with Crippen molar-refractivity contribution in [3.05, 3.63) is 59.7 Å². The minimum absolute atomic E-state index is 0.101. The maximum absolute atomic E-state index is 8.79. The summed E-state index contributed by atoms with van der Waals surface area (Å²) in [6.45, 7) is 2.30. The van der Waals surface area contributed by atoms with Gasteiger partial charge in [0.2, 0.25) is 0 Å². The number of aliphatic hydroxyl groups is 1. The van der Waals surface area contributed by atoms with Crippen LogP contribution in [0, 0.1) is 0 Å². The van der Waals surface area contributed by atoms with Crippen LogP contribution < -0.4 is 0 Å². The molecule has 1 unspecified atom stereocenters. The van der Waals surface area contributed by atoms with E-state index in [0.717, 1.165) is 30.3 Å². The first-order valence-electron chi connectivity index (χ1n) is 8.57. The molecule has 126 valence electrons. The van der Waals surface area contributed by atoms with Gasteiger partial charge >= 0.3 is 0 Å². The minimum Gasteiger partial charge on any atom is -0.394 e. The number of benzene rings is 1. The number of likely N-dealkylation sites (N-methyl/N-ethyl adjacent to an activating group) is 1. The maximum Gasteiger partial charge on any atom is 0.136 e. The van der Waals surface area contributed by atoms with Gasteiger partial charge in [-0.25, -0.2) is 0 Å². The van der Waals surface area contributed by atoms with Gasteiger partial charge in [-0.2, -0.15) is 0 Å². The lowest BCUT2D eigenvalue weighted by molar-refractivity contribution is -0.916. The maximum atomic E-state index is 8.79. The van der Waals surface area contributed by atoms with Gasteiger partial charge in [-0.3, -0.25) is 0 Å². The molecule has 0 amide bonds. The predicted octanol–water partition coefficient (Wildman–Crippen LogP) is 3.48. The Bertz CT molecular complexity index is 520. The number of hydrogen-bond donors (Lipinski definition) is 1. The van der Waals surface area contributed by atoms with Crippen LogP contribution in [0.5, 0.6) is 0 Å². The average molecular weight is 316 g/mol. The third kappa shape index (κ3) is 5.31. The van der Waals surface area contributed by atoms with E-state index >= 15 is 0 Å². The van der Waals surface area contributed by atoms with Gasteiger partial charge in [0.25, 0.3) is 0 Å². The summed E-state index contributed by atoms with van der Waals surface area (Å²) >= 11 is 0. The van der Waals surface area contributed by atoms with Crippen LogP contribution >= 0.6 is 0 Å². The van der Waals surface area contributed by atoms with Crippen molar-refractivity contribution in [2.24, 2.45) is 0 Å². The van der Waals surface area contributed by atoms with E-state index in [1.165, 1.54) is 11.1 Å². The standard InChI is InChI=1S/C20H30NO2/c1-21(2,14-9-16-23-17-15-22)20(18-10-5-3-6-11-18)19-12-7-4-8-13-19/h3-7,10-12,20,22H,8-9,13-17H2,1-2H3/q+1. The van der Waals surface area contributed by atoms with Crippen LogP contribution in [0.3, 0.4) is 0 Å². The minimum atomic E-state index is 0.101. The van der Waals surface area contributed by atoms with Crippen LogP contribution in [0.2, 0.25) is 0 Å². The number of quaternary nitrogens is 1. The van der Waals surface area contributed by atoms with Crippen molar-refractivity contribution in [3.8, 4) is 0 Å². The van der Waals surface area contributed by atoms with E-state index in [4.69, 9.17) is 9.84 Å². The van der Waals surface area contributed by atoms with E-state index in [-0.39, 0.29) is 6.61 Å². The van der Waals surface area contributed by atoms with E-state index < -0.39 is 0 Å². The normalized spacial score (nSPS) is 16.2. The molecule has 1 N–H and O–H groups in total. The van der Waals surface area contributed by atoms with Crippen molar-refractivity contribution in [2.45, 2.75) is 25.3 Å². The molecule has 1 atom stereocenters. The number of ether oxygens (including phenoxy) is 1. The highest BCUT2D eigenvalue weighted by molar-refractivity contribution is 5.30. The molecular formula is C20H30NO2+. The Morgan fingerprint density at radius 3 is 2.61 bits per heavy atom. The molecule has 23 heavy (non-hydrogen) atoms. The summed E-state index contributed by atoms with van der Waals surface area (Å²) in [7, 11) is 4.62. The lowest BCUT2D eigenvalue weighted by Crippen LogP contribution is -2.45. The smallest absolute Gasteiger partial charge is 0.136 e. The molecule has 0 aliphatic heterocycles. The van der Waals surface area contributed by atoms with Gasteiger partial charge in [0.05, 0.1) is 40.5 Å². The van der Waals surface area contributed by atoms with E-state index in [0.29, 0.717) is 19.3 Å². The molecule has 0 aromatic heterocycles. The van der Waals surface area contributed by atoms with Gasteiger partial charge in [0.1, 0.15) is 6.04 Å². The highest BCUT2D eigenvalue weighted by atomic mass is 16.5. The van der Waals surface area contributed by atoms with E-state index in [9.17, 15) is 0 Å². The average Bonchev–Trinajstić information content (AvgIpc) is 2.56. The van der Waals surface area contributed by atoms with Crippen molar-refractivity contribution in [3.63, 3.8) is 0 Å². The monoisotopic (exact) mass is 316 g/mol. The van der Waals surface area contributed by atoms with E-state index in [2.05, 4.69) is 62.7 Å². The second kappa shape index (κ2) is 9.02. The van der Waals surface area contributed by atoms with Crippen LogP contribution in [0.4, 0.5) is 0 Å². The van der Waals surface area contributed by atoms with E-state index in [1.807, 2.05) is 0 Å². The molecule has 1 aliphatic carbocycles. The SMILES string of the molecule is C[N+](C)(CCCOCCO)C(C1=CC=CCC1)c1ccccc1. The third-order valence-corrected chi connectivity index (χ3v) is 4.47. The molecule has 0 fully saturated rings. The number of hydrogen-bond acceptors (Lipinski definition) is 2. The Morgan fingerprint density at radius 2 is 1.96 bits per heavy atom. The zero-order chi connectivity index (χ0) is 16.5. The molecule has 1 aromatic rings. The summed E-state index contributed by atoms with van der Waals surface area (Å²) in [5, 5.41) is 8.79. The summed E-state index contributed by atoms with van der Waals surface area (Å²) in [6, 6.07) is 11.2.